The van der Waals surface area contributed by atoms with Crippen molar-refractivity contribution in [1.82, 2.24) is 28.8 Å². The Labute approximate surface area is 277 Å². The Morgan fingerprint density at radius 2 is 1.73 bits per heavy atom. The molecule has 2 aromatic carbocycles. The van der Waals surface area contributed by atoms with Gasteiger partial charge >= 0.3 is 11.8 Å². The van der Waals surface area contributed by atoms with Gasteiger partial charge in [-0.05, 0) is 75.2 Å². The smallest absolute Gasteiger partial charge is 0.407 e. The predicted molar refractivity (Wildman–Crippen MR) is 180 cm³/mol. The number of nitrogens with two attached hydrogens (primary N) is 1. The van der Waals surface area contributed by atoms with Crippen molar-refractivity contribution in [3.63, 3.8) is 0 Å². The fraction of sp³-hybridized carbons (Fsp3) is 0.343. The van der Waals surface area contributed by atoms with Crippen LogP contribution in [-0.2, 0) is 11.3 Å². The number of hydrogen-bond donors (Lipinski definition) is 2. The number of hydrogen-bond acceptors (Lipinski definition) is 8. The number of aromatic nitrogens is 3. The van der Waals surface area contributed by atoms with Crippen molar-refractivity contribution in [1.29, 1.82) is 5.26 Å². The summed E-state index contributed by atoms with van der Waals surface area (Å²) in [6.45, 7) is 6.19. The third-order valence-electron chi connectivity index (χ3n) is 9.19. The molecule has 13 heteroatoms. The number of carbonyl (C=O) groups is 2. The molecule has 2 fully saturated rings. The van der Waals surface area contributed by atoms with E-state index in [2.05, 4.69) is 16.0 Å². The number of rotatable bonds is 8. The summed E-state index contributed by atoms with van der Waals surface area (Å²) in [6.07, 6.45) is 3.67. The number of nitriles is 1. The van der Waals surface area contributed by atoms with Crippen molar-refractivity contribution in [3.8, 4) is 23.3 Å². The van der Waals surface area contributed by atoms with E-state index in [4.69, 9.17) is 10.5 Å². The van der Waals surface area contributed by atoms with E-state index in [0.717, 1.165) is 6.42 Å². The highest BCUT2D eigenvalue weighted by molar-refractivity contribution is 5.98. The van der Waals surface area contributed by atoms with E-state index in [9.17, 15) is 24.8 Å². The standard InChI is InChI=1S/C35H38N8O5/c1-35(2,40-19-17-39(18-20-40)34(46)47)21-24(22-36)32(44)41-16-6-7-26(41)23-42-29-14-15-38-31(37)30(29)43(33(42)45)25-10-12-28(13-11-25)48-27-8-4-3-5-9-27/h3-5,8-15,21,26H,6-7,16-20,23H2,1-2H3,(H2,37,38)(H,46,47). The summed E-state index contributed by atoms with van der Waals surface area (Å²) in [5, 5.41) is 19.4. The van der Waals surface area contributed by atoms with E-state index >= 15 is 0 Å². The lowest BCUT2D eigenvalue weighted by Crippen LogP contribution is -2.55. The first-order valence-electron chi connectivity index (χ1n) is 15.9. The summed E-state index contributed by atoms with van der Waals surface area (Å²) in [4.78, 5) is 48.7. The molecule has 0 spiro atoms. The predicted octanol–water partition coefficient (Wildman–Crippen LogP) is 4.08. The maximum atomic E-state index is 14.1. The Kier molecular flexibility index (Phi) is 8.92. The van der Waals surface area contributed by atoms with Crippen molar-refractivity contribution < 1.29 is 19.4 Å². The zero-order valence-corrected chi connectivity index (χ0v) is 27.0. The molecule has 0 saturated carbocycles. The number of carbonyl (C=O) groups excluding carboxylic acids is 1. The number of nitrogens with zero attached hydrogens (tertiary/aromatic N) is 7. The van der Waals surface area contributed by atoms with Crippen LogP contribution in [0.3, 0.4) is 0 Å². The third kappa shape index (κ3) is 6.34. The van der Waals surface area contributed by atoms with E-state index in [0.29, 0.717) is 67.4 Å². The van der Waals surface area contributed by atoms with E-state index in [-0.39, 0.29) is 35.6 Å². The molecule has 0 radical (unpaired) electrons. The van der Waals surface area contributed by atoms with E-state index in [1.165, 1.54) is 9.47 Å². The monoisotopic (exact) mass is 650 g/mol. The minimum Gasteiger partial charge on any atom is -0.465 e. The second-order valence-electron chi connectivity index (χ2n) is 12.6. The van der Waals surface area contributed by atoms with Gasteiger partial charge in [0.25, 0.3) is 5.91 Å². The molecule has 2 aliphatic rings. The summed E-state index contributed by atoms with van der Waals surface area (Å²) >= 11 is 0. The molecule has 2 saturated heterocycles. The van der Waals surface area contributed by atoms with Crippen molar-refractivity contribution in [3.05, 3.63) is 89.0 Å². The zero-order valence-electron chi connectivity index (χ0n) is 27.0. The number of fused-ring (bicyclic) bond motifs is 1. The Morgan fingerprint density at radius 3 is 2.40 bits per heavy atom. The average molecular weight is 651 g/mol. The highest BCUT2D eigenvalue weighted by atomic mass is 16.5. The number of piperazine rings is 1. The molecule has 3 N–H and O–H groups in total. The molecule has 2 aromatic heterocycles. The quantitative estimate of drug-likeness (QED) is 0.211. The maximum Gasteiger partial charge on any atom is 0.407 e. The molecule has 0 bridgehead atoms. The molecule has 4 heterocycles. The number of imidazole rings is 1. The van der Waals surface area contributed by atoms with Crippen LogP contribution in [0.5, 0.6) is 11.5 Å². The first-order chi connectivity index (χ1) is 23.1. The van der Waals surface area contributed by atoms with Gasteiger partial charge in [-0.25, -0.2) is 14.6 Å². The highest BCUT2D eigenvalue weighted by Crippen LogP contribution is 2.28. The number of pyridine rings is 1. The van der Waals surface area contributed by atoms with Gasteiger partial charge in [0.15, 0.2) is 0 Å². The molecule has 248 valence electrons. The second kappa shape index (κ2) is 13.2. The summed E-state index contributed by atoms with van der Waals surface area (Å²) in [7, 11) is 0. The number of para-hydroxylation sites is 1. The number of nitrogen functional groups attached to an aromatic ring is 1. The van der Waals surface area contributed by atoms with Crippen LogP contribution >= 0.6 is 0 Å². The first-order valence-corrected chi connectivity index (χ1v) is 15.9. The van der Waals surface area contributed by atoms with Crippen LogP contribution in [0.15, 0.2) is 83.3 Å². The second-order valence-corrected chi connectivity index (χ2v) is 12.6. The topological polar surface area (TPSA) is 163 Å². The van der Waals surface area contributed by atoms with Crippen LogP contribution in [0.4, 0.5) is 10.6 Å². The molecule has 13 nitrogen and oxygen atoms in total. The summed E-state index contributed by atoms with van der Waals surface area (Å²) in [6, 6.07) is 20.1. The van der Waals surface area contributed by atoms with Crippen LogP contribution in [0.25, 0.3) is 16.7 Å². The fourth-order valence-corrected chi connectivity index (χ4v) is 6.65. The van der Waals surface area contributed by atoms with Crippen molar-refractivity contribution in [2.45, 2.75) is 44.8 Å². The van der Waals surface area contributed by atoms with Crippen molar-refractivity contribution in [2.75, 3.05) is 38.5 Å². The Balaban J connectivity index is 1.25. The number of amides is 2. The van der Waals surface area contributed by atoms with Crippen LogP contribution in [0, 0.1) is 11.3 Å². The van der Waals surface area contributed by atoms with Gasteiger partial charge in [-0.15, -0.1) is 0 Å². The van der Waals surface area contributed by atoms with Crippen LogP contribution in [0.2, 0.25) is 0 Å². The third-order valence-corrected chi connectivity index (χ3v) is 9.19. The van der Waals surface area contributed by atoms with E-state index in [1.807, 2.05) is 44.2 Å². The van der Waals surface area contributed by atoms with Crippen molar-refractivity contribution in [2.24, 2.45) is 0 Å². The lowest BCUT2D eigenvalue weighted by molar-refractivity contribution is -0.127. The molecule has 48 heavy (non-hydrogen) atoms. The SMILES string of the molecule is CC(C)(C=C(C#N)C(=O)N1CCCC1Cn1c(=O)n(-c2ccc(Oc3ccccc3)cc2)c2c(N)nccc21)N1CCN(C(=O)O)CC1. The van der Waals surface area contributed by atoms with Crippen molar-refractivity contribution >= 4 is 28.9 Å². The number of likely N-dealkylation sites (tertiary alicyclic amines) is 1. The first kappa shape index (κ1) is 32.3. The summed E-state index contributed by atoms with van der Waals surface area (Å²) < 4.78 is 9.07. The van der Waals surface area contributed by atoms with Gasteiger partial charge in [0.1, 0.15) is 34.5 Å². The molecule has 2 aliphatic heterocycles. The number of carboxylic acid groups (broad SMARTS) is 1. The van der Waals surface area contributed by atoms with Gasteiger partial charge in [0, 0.05) is 51.0 Å². The minimum absolute atomic E-state index is 0.0218. The Bertz CT molecular complexity index is 1950. The number of ether oxygens (including phenoxy) is 1. The lowest BCUT2D eigenvalue weighted by Gasteiger charge is -2.42. The normalized spacial score (nSPS) is 17.4. The molecule has 0 aliphatic carbocycles. The number of benzene rings is 2. The largest absolute Gasteiger partial charge is 0.465 e. The van der Waals surface area contributed by atoms with Gasteiger partial charge in [0.05, 0.1) is 17.2 Å². The maximum absolute atomic E-state index is 14.1. The summed E-state index contributed by atoms with van der Waals surface area (Å²) in [5.41, 5.74) is 7.03. The van der Waals surface area contributed by atoms with Crippen LogP contribution in [-0.4, -0.2) is 90.2 Å². The Morgan fingerprint density at radius 1 is 1.04 bits per heavy atom. The highest BCUT2D eigenvalue weighted by Gasteiger charge is 2.35. The van der Waals surface area contributed by atoms with Gasteiger partial charge in [-0.2, -0.15) is 5.26 Å². The molecule has 6 rings (SSSR count). The molecule has 2 amide bonds. The van der Waals surface area contributed by atoms with Gasteiger partial charge in [-0.3, -0.25) is 18.8 Å². The molecular formula is C35H38N8O5. The number of anilines is 1. The average Bonchev–Trinajstić information content (AvgIpc) is 3.67. The Hall–Kier alpha value is -5.61. The van der Waals surface area contributed by atoms with Gasteiger partial charge in [0.2, 0.25) is 0 Å². The van der Waals surface area contributed by atoms with Gasteiger partial charge < -0.3 is 25.4 Å². The molecule has 4 aromatic rings. The van der Waals surface area contributed by atoms with Gasteiger partial charge in [-0.1, -0.05) is 18.2 Å². The van der Waals surface area contributed by atoms with Crippen LogP contribution in [0.1, 0.15) is 26.7 Å². The molecular weight excluding hydrogens is 612 g/mol. The molecule has 1 atom stereocenters. The summed E-state index contributed by atoms with van der Waals surface area (Å²) in [5.74, 6) is 1.12. The minimum atomic E-state index is -0.955. The fourth-order valence-electron chi connectivity index (χ4n) is 6.65. The zero-order chi connectivity index (χ0) is 34.0. The van der Waals surface area contributed by atoms with E-state index in [1.54, 1.807) is 52.1 Å². The molecule has 1 unspecified atom stereocenters. The lowest BCUT2D eigenvalue weighted by atomic mass is 9.97. The van der Waals surface area contributed by atoms with E-state index < -0.39 is 11.6 Å². The van der Waals surface area contributed by atoms with Crippen LogP contribution < -0.4 is 16.2 Å².